The van der Waals surface area contributed by atoms with E-state index < -0.39 is 12.1 Å². The first-order chi connectivity index (χ1) is 8.52. The fraction of sp³-hybridized carbons (Fsp3) is 0.462. The molecule has 1 aromatic rings. The van der Waals surface area contributed by atoms with Gasteiger partial charge < -0.3 is 9.84 Å². The average molecular weight is 316 g/mol. The van der Waals surface area contributed by atoms with Crippen molar-refractivity contribution in [2.24, 2.45) is 0 Å². The molecule has 1 rings (SSSR count). The van der Waals surface area contributed by atoms with E-state index in [0.29, 0.717) is 19.7 Å². The summed E-state index contributed by atoms with van der Waals surface area (Å²) in [4.78, 5) is 12.9. The molecule has 5 heteroatoms. The third-order valence-electron chi connectivity index (χ3n) is 2.49. The molecule has 18 heavy (non-hydrogen) atoms. The molecule has 0 aliphatic carbocycles. The minimum Gasteiger partial charge on any atom is -0.479 e. The van der Waals surface area contributed by atoms with Gasteiger partial charge in [-0.2, -0.15) is 0 Å². The summed E-state index contributed by atoms with van der Waals surface area (Å²) in [6.45, 7) is 3.27. The second kappa shape index (κ2) is 7.51. The molecule has 0 fully saturated rings. The predicted molar refractivity (Wildman–Crippen MR) is 73.5 cm³/mol. The summed E-state index contributed by atoms with van der Waals surface area (Å²) in [7, 11) is 1.89. The monoisotopic (exact) mass is 315 g/mol. The smallest absolute Gasteiger partial charge is 0.334 e. The third-order valence-corrected chi connectivity index (χ3v) is 3.02. The SMILES string of the molecule is CCOC(CN(C)Cc1ccc(Br)cc1)C(=O)O. The van der Waals surface area contributed by atoms with Crippen LogP contribution in [0.5, 0.6) is 0 Å². The Morgan fingerprint density at radius 3 is 2.56 bits per heavy atom. The molecule has 100 valence electrons. The van der Waals surface area contributed by atoms with E-state index in [2.05, 4.69) is 15.9 Å². The van der Waals surface area contributed by atoms with Gasteiger partial charge in [0.05, 0.1) is 0 Å². The van der Waals surface area contributed by atoms with Gasteiger partial charge in [0.15, 0.2) is 6.10 Å². The van der Waals surface area contributed by atoms with Gasteiger partial charge in [0, 0.05) is 24.2 Å². The Morgan fingerprint density at radius 2 is 2.06 bits per heavy atom. The summed E-state index contributed by atoms with van der Waals surface area (Å²) in [6, 6.07) is 7.97. The van der Waals surface area contributed by atoms with Crippen molar-refractivity contribution in [3.63, 3.8) is 0 Å². The Hall–Kier alpha value is -0.910. The number of carboxylic acid groups (broad SMARTS) is 1. The summed E-state index contributed by atoms with van der Waals surface area (Å²) in [5, 5.41) is 9.00. The highest BCUT2D eigenvalue weighted by Gasteiger charge is 2.19. The molecule has 0 saturated carbocycles. The van der Waals surface area contributed by atoms with E-state index in [0.717, 1.165) is 10.0 Å². The zero-order chi connectivity index (χ0) is 13.5. The lowest BCUT2D eigenvalue weighted by Gasteiger charge is -2.21. The summed E-state index contributed by atoms with van der Waals surface area (Å²) < 4.78 is 6.22. The number of rotatable bonds is 7. The largest absolute Gasteiger partial charge is 0.479 e. The second-order valence-electron chi connectivity index (χ2n) is 4.11. The van der Waals surface area contributed by atoms with E-state index in [4.69, 9.17) is 9.84 Å². The highest BCUT2D eigenvalue weighted by Crippen LogP contribution is 2.12. The summed E-state index contributed by atoms with van der Waals surface area (Å²) in [5.74, 6) is -0.917. The maximum absolute atomic E-state index is 11.0. The molecule has 0 saturated heterocycles. The zero-order valence-electron chi connectivity index (χ0n) is 10.6. The van der Waals surface area contributed by atoms with Crippen LogP contribution in [0, 0.1) is 0 Å². The minimum atomic E-state index is -0.917. The molecule has 1 aromatic carbocycles. The number of benzene rings is 1. The van der Waals surface area contributed by atoms with Gasteiger partial charge in [0.1, 0.15) is 0 Å². The Kier molecular flexibility index (Phi) is 6.32. The summed E-state index contributed by atoms with van der Waals surface area (Å²) >= 11 is 3.38. The van der Waals surface area contributed by atoms with E-state index in [1.165, 1.54) is 0 Å². The number of halogens is 1. The summed E-state index contributed by atoms with van der Waals surface area (Å²) in [6.07, 6.45) is -0.768. The van der Waals surface area contributed by atoms with Crippen molar-refractivity contribution < 1.29 is 14.6 Å². The molecule has 0 aromatic heterocycles. The molecule has 0 aliphatic rings. The van der Waals surface area contributed by atoms with Crippen molar-refractivity contribution in [1.29, 1.82) is 0 Å². The van der Waals surface area contributed by atoms with Gasteiger partial charge in [-0.3, -0.25) is 4.90 Å². The van der Waals surface area contributed by atoms with E-state index in [1.54, 1.807) is 6.92 Å². The standard InChI is InChI=1S/C13H18BrNO3/c1-3-18-12(13(16)17)9-15(2)8-10-4-6-11(14)7-5-10/h4-7,12H,3,8-9H2,1-2H3,(H,16,17). The zero-order valence-corrected chi connectivity index (χ0v) is 12.2. The molecule has 0 heterocycles. The quantitative estimate of drug-likeness (QED) is 0.839. The molecule has 0 aliphatic heterocycles. The van der Waals surface area contributed by atoms with Crippen LogP contribution in [0.15, 0.2) is 28.7 Å². The Labute approximate surface area is 116 Å². The number of carboxylic acids is 1. The van der Waals surface area contributed by atoms with E-state index in [1.807, 2.05) is 36.2 Å². The van der Waals surface area contributed by atoms with Crippen LogP contribution in [0.4, 0.5) is 0 Å². The van der Waals surface area contributed by atoms with Gasteiger partial charge in [-0.05, 0) is 31.7 Å². The van der Waals surface area contributed by atoms with Crippen LogP contribution >= 0.6 is 15.9 Å². The van der Waals surface area contributed by atoms with Gasteiger partial charge >= 0.3 is 5.97 Å². The highest BCUT2D eigenvalue weighted by molar-refractivity contribution is 9.10. The Balaban J connectivity index is 2.51. The lowest BCUT2D eigenvalue weighted by Crippen LogP contribution is -2.36. The first kappa shape index (κ1) is 15.1. The highest BCUT2D eigenvalue weighted by atomic mass is 79.9. The lowest BCUT2D eigenvalue weighted by atomic mass is 10.2. The number of hydrogen-bond acceptors (Lipinski definition) is 3. The molecular weight excluding hydrogens is 298 g/mol. The van der Waals surface area contributed by atoms with Gasteiger partial charge in [0.25, 0.3) is 0 Å². The third kappa shape index (κ3) is 5.16. The first-order valence-corrected chi connectivity index (χ1v) is 6.59. The number of likely N-dealkylation sites (N-methyl/N-ethyl adjacent to an activating group) is 1. The molecule has 0 radical (unpaired) electrons. The number of nitrogens with zero attached hydrogens (tertiary/aromatic N) is 1. The number of aliphatic carboxylic acids is 1. The van der Waals surface area contributed by atoms with E-state index in [-0.39, 0.29) is 0 Å². The van der Waals surface area contributed by atoms with Gasteiger partial charge in [-0.25, -0.2) is 4.79 Å². The molecule has 0 amide bonds. The van der Waals surface area contributed by atoms with Gasteiger partial charge in [-0.15, -0.1) is 0 Å². The predicted octanol–water partition coefficient (Wildman–Crippen LogP) is 2.37. The fourth-order valence-corrected chi connectivity index (χ4v) is 1.92. The number of hydrogen-bond donors (Lipinski definition) is 1. The Bertz CT molecular complexity index is 380. The van der Waals surface area contributed by atoms with E-state index in [9.17, 15) is 4.79 Å². The molecule has 4 nitrogen and oxygen atoms in total. The summed E-state index contributed by atoms with van der Waals surface area (Å²) in [5.41, 5.74) is 1.14. The fourth-order valence-electron chi connectivity index (χ4n) is 1.65. The molecule has 1 atom stereocenters. The van der Waals surface area contributed by atoms with Gasteiger partial charge in [0.2, 0.25) is 0 Å². The van der Waals surface area contributed by atoms with Crippen LogP contribution in [-0.4, -0.2) is 42.3 Å². The van der Waals surface area contributed by atoms with Crippen LogP contribution in [0.2, 0.25) is 0 Å². The van der Waals surface area contributed by atoms with Gasteiger partial charge in [-0.1, -0.05) is 28.1 Å². The average Bonchev–Trinajstić information content (AvgIpc) is 2.31. The Morgan fingerprint density at radius 1 is 1.44 bits per heavy atom. The molecule has 0 spiro atoms. The lowest BCUT2D eigenvalue weighted by molar-refractivity contribution is -0.151. The maximum atomic E-state index is 11.0. The minimum absolute atomic E-state index is 0.374. The molecular formula is C13H18BrNO3. The van der Waals surface area contributed by atoms with Crippen LogP contribution in [0.3, 0.4) is 0 Å². The molecule has 0 bridgehead atoms. The van der Waals surface area contributed by atoms with Crippen LogP contribution < -0.4 is 0 Å². The van der Waals surface area contributed by atoms with Crippen molar-refractivity contribution in [2.45, 2.75) is 19.6 Å². The van der Waals surface area contributed by atoms with Crippen LogP contribution in [-0.2, 0) is 16.1 Å². The number of ether oxygens (including phenoxy) is 1. The van der Waals surface area contributed by atoms with Crippen molar-refractivity contribution in [2.75, 3.05) is 20.2 Å². The second-order valence-corrected chi connectivity index (χ2v) is 5.02. The van der Waals surface area contributed by atoms with Crippen LogP contribution in [0.1, 0.15) is 12.5 Å². The first-order valence-electron chi connectivity index (χ1n) is 5.80. The number of carbonyl (C=O) groups is 1. The van der Waals surface area contributed by atoms with Crippen molar-refractivity contribution >= 4 is 21.9 Å². The normalized spacial score (nSPS) is 12.7. The maximum Gasteiger partial charge on any atom is 0.334 e. The molecule has 1 N–H and O–H groups in total. The molecule has 1 unspecified atom stereocenters. The van der Waals surface area contributed by atoms with Crippen molar-refractivity contribution in [3.8, 4) is 0 Å². The van der Waals surface area contributed by atoms with Crippen molar-refractivity contribution in [3.05, 3.63) is 34.3 Å². The van der Waals surface area contributed by atoms with Crippen molar-refractivity contribution in [1.82, 2.24) is 4.90 Å². The van der Waals surface area contributed by atoms with Crippen LogP contribution in [0.25, 0.3) is 0 Å². The topological polar surface area (TPSA) is 49.8 Å². The van der Waals surface area contributed by atoms with E-state index >= 15 is 0 Å².